The lowest BCUT2D eigenvalue weighted by Gasteiger charge is -2.37. The largest absolute Gasteiger partial charge is 0.448 e. The van der Waals surface area contributed by atoms with Crippen LogP contribution >= 0.6 is 11.6 Å². The number of benzene rings is 1. The van der Waals surface area contributed by atoms with E-state index in [-0.39, 0.29) is 6.04 Å². The summed E-state index contributed by atoms with van der Waals surface area (Å²) >= 11 is 5.92. The average molecular weight is 360 g/mol. The molecule has 2 aromatic rings. The minimum absolute atomic E-state index is 0.113. The average Bonchev–Trinajstić information content (AvgIpc) is 3.22. The van der Waals surface area contributed by atoms with Crippen LogP contribution in [0.25, 0.3) is 0 Å². The molecule has 2 aliphatic rings. The van der Waals surface area contributed by atoms with Gasteiger partial charge in [0.2, 0.25) is 5.88 Å². The molecule has 2 N–H and O–H groups in total. The molecule has 3 heterocycles. The van der Waals surface area contributed by atoms with Gasteiger partial charge in [-0.3, -0.25) is 4.90 Å². The summed E-state index contributed by atoms with van der Waals surface area (Å²) in [6.07, 6.45) is 3.93. The third kappa shape index (κ3) is 3.68. The molecule has 2 aliphatic heterocycles. The highest BCUT2D eigenvalue weighted by Crippen LogP contribution is 2.36. The quantitative estimate of drug-likeness (QED) is 0.902. The zero-order chi connectivity index (χ0) is 17.2. The van der Waals surface area contributed by atoms with Gasteiger partial charge in [0.05, 0.1) is 0 Å². The fourth-order valence-corrected chi connectivity index (χ4v) is 3.76. The predicted octanol–water partition coefficient (Wildman–Crippen LogP) is 3.69. The van der Waals surface area contributed by atoms with Crippen molar-refractivity contribution < 1.29 is 9.25 Å². The molecule has 0 radical (unpaired) electrons. The molecule has 0 saturated carbocycles. The Labute approximate surface area is 152 Å². The molecule has 0 spiro atoms. The van der Waals surface area contributed by atoms with Crippen LogP contribution in [0.3, 0.4) is 0 Å². The summed E-state index contributed by atoms with van der Waals surface area (Å²) in [6, 6.07) is 14.4. The standard InChI is InChI=1S/C19H22ClN3O2/c20-18-7-6-17(24-18)16-12-19(21)25-23(16)15-8-10-22(11-9-15)13-14-4-2-1-3-5-14/h1-7,12,15-16H,8-11,13,21H2. The summed E-state index contributed by atoms with van der Waals surface area (Å²) in [5, 5.41) is 2.34. The van der Waals surface area contributed by atoms with Crippen molar-refractivity contribution >= 4 is 11.6 Å². The van der Waals surface area contributed by atoms with Crippen LogP contribution in [0.1, 0.15) is 30.2 Å². The Morgan fingerprint density at radius 3 is 2.52 bits per heavy atom. The first-order valence-corrected chi connectivity index (χ1v) is 9.02. The van der Waals surface area contributed by atoms with E-state index in [0.29, 0.717) is 17.1 Å². The van der Waals surface area contributed by atoms with Gasteiger partial charge in [-0.1, -0.05) is 30.3 Å². The summed E-state index contributed by atoms with van der Waals surface area (Å²) in [6.45, 7) is 3.06. The molecule has 1 aromatic carbocycles. The molecule has 6 heteroatoms. The number of nitrogens with zero attached hydrogens (tertiary/aromatic N) is 2. The summed E-state index contributed by atoms with van der Waals surface area (Å²) < 4.78 is 5.57. The van der Waals surface area contributed by atoms with E-state index in [0.717, 1.165) is 38.2 Å². The Hall–Kier alpha value is -1.95. The van der Waals surface area contributed by atoms with Crippen molar-refractivity contribution in [1.29, 1.82) is 0 Å². The highest BCUT2D eigenvalue weighted by molar-refractivity contribution is 6.28. The van der Waals surface area contributed by atoms with Crippen molar-refractivity contribution in [1.82, 2.24) is 9.96 Å². The maximum absolute atomic E-state index is 5.92. The fraction of sp³-hybridized carbons (Fsp3) is 0.368. The van der Waals surface area contributed by atoms with E-state index in [1.807, 2.05) is 17.2 Å². The van der Waals surface area contributed by atoms with Crippen molar-refractivity contribution in [2.45, 2.75) is 31.5 Å². The number of piperidine rings is 1. The normalized spacial score (nSPS) is 22.8. The third-order valence-corrected chi connectivity index (χ3v) is 5.06. The summed E-state index contributed by atoms with van der Waals surface area (Å²) in [5.74, 6) is 1.18. The third-order valence-electron chi connectivity index (χ3n) is 4.86. The maximum atomic E-state index is 5.92. The zero-order valence-corrected chi connectivity index (χ0v) is 14.7. The van der Waals surface area contributed by atoms with Crippen molar-refractivity contribution in [3.63, 3.8) is 0 Å². The van der Waals surface area contributed by atoms with Crippen LogP contribution in [-0.2, 0) is 11.4 Å². The van der Waals surface area contributed by atoms with Gasteiger partial charge in [-0.2, -0.15) is 0 Å². The first kappa shape index (κ1) is 16.5. The molecule has 0 amide bonds. The van der Waals surface area contributed by atoms with Gasteiger partial charge in [-0.05, 0) is 42.1 Å². The van der Waals surface area contributed by atoms with Crippen LogP contribution in [0.4, 0.5) is 0 Å². The van der Waals surface area contributed by atoms with Gasteiger partial charge in [0, 0.05) is 31.8 Å². The number of hydrogen-bond acceptors (Lipinski definition) is 5. The Kier molecular flexibility index (Phi) is 4.70. The Balaban J connectivity index is 1.38. The summed E-state index contributed by atoms with van der Waals surface area (Å²) in [4.78, 5) is 8.26. The van der Waals surface area contributed by atoms with Crippen molar-refractivity contribution in [3.05, 3.63) is 71.0 Å². The molecule has 0 bridgehead atoms. The van der Waals surface area contributed by atoms with Crippen LogP contribution in [0.15, 0.2) is 58.8 Å². The van der Waals surface area contributed by atoms with E-state index >= 15 is 0 Å². The van der Waals surface area contributed by atoms with Gasteiger partial charge >= 0.3 is 0 Å². The molecule has 1 atom stereocenters. The molecule has 1 aromatic heterocycles. The van der Waals surface area contributed by atoms with Gasteiger partial charge in [0.25, 0.3) is 0 Å². The van der Waals surface area contributed by atoms with Gasteiger partial charge in [0.15, 0.2) is 5.22 Å². The van der Waals surface area contributed by atoms with E-state index in [1.54, 1.807) is 6.07 Å². The summed E-state index contributed by atoms with van der Waals surface area (Å²) in [7, 11) is 0. The maximum Gasteiger partial charge on any atom is 0.207 e. The van der Waals surface area contributed by atoms with Crippen molar-refractivity contribution in [2.24, 2.45) is 5.73 Å². The van der Waals surface area contributed by atoms with E-state index in [4.69, 9.17) is 26.6 Å². The fourth-order valence-electron chi connectivity index (χ4n) is 3.61. The van der Waals surface area contributed by atoms with Crippen molar-refractivity contribution in [2.75, 3.05) is 13.1 Å². The molecule has 1 fully saturated rings. The van der Waals surface area contributed by atoms with Crippen LogP contribution in [0, 0.1) is 0 Å². The SMILES string of the molecule is NC1=CC(c2ccc(Cl)o2)N(C2CCN(Cc3ccccc3)CC2)O1. The van der Waals surface area contributed by atoms with Gasteiger partial charge in [0.1, 0.15) is 11.8 Å². The van der Waals surface area contributed by atoms with Crippen LogP contribution in [0.5, 0.6) is 0 Å². The molecular weight excluding hydrogens is 338 g/mol. The molecule has 1 unspecified atom stereocenters. The number of likely N-dealkylation sites (tertiary alicyclic amines) is 1. The second kappa shape index (κ2) is 7.12. The minimum atomic E-state index is -0.113. The number of furan rings is 1. The molecule has 4 rings (SSSR count). The van der Waals surface area contributed by atoms with E-state index < -0.39 is 0 Å². The Morgan fingerprint density at radius 1 is 1.08 bits per heavy atom. The Bertz CT molecular complexity index is 738. The van der Waals surface area contributed by atoms with Crippen LogP contribution in [0.2, 0.25) is 5.22 Å². The zero-order valence-electron chi connectivity index (χ0n) is 14.0. The second-order valence-electron chi connectivity index (χ2n) is 6.60. The van der Waals surface area contributed by atoms with Gasteiger partial charge in [-0.25, -0.2) is 0 Å². The lowest BCUT2D eigenvalue weighted by molar-refractivity contribution is -0.165. The molecular formula is C19H22ClN3O2. The van der Waals surface area contributed by atoms with E-state index in [1.165, 1.54) is 5.56 Å². The molecule has 25 heavy (non-hydrogen) atoms. The molecule has 0 aliphatic carbocycles. The van der Waals surface area contributed by atoms with E-state index in [9.17, 15) is 0 Å². The second-order valence-corrected chi connectivity index (χ2v) is 6.97. The number of hydrogen-bond donors (Lipinski definition) is 1. The van der Waals surface area contributed by atoms with Gasteiger partial charge in [-0.15, -0.1) is 5.06 Å². The number of halogens is 1. The van der Waals surface area contributed by atoms with Crippen molar-refractivity contribution in [3.8, 4) is 0 Å². The number of rotatable bonds is 4. The minimum Gasteiger partial charge on any atom is -0.448 e. The number of hydroxylamine groups is 2. The van der Waals surface area contributed by atoms with Gasteiger partial charge < -0.3 is 15.0 Å². The monoisotopic (exact) mass is 359 g/mol. The highest BCUT2D eigenvalue weighted by atomic mass is 35.5. The Morgan fingerprint density at radius 2 is 1.84 bits per heavy atom. The van der Waals surface area contributed by atoms with E-state index in [2.05, 4.69) is 35.2 Å². The molecule has 1 saturated heterocycles. The number of nitrogens with two attached hydrogens (primary N) is 1. The smallest absolute Gasteiger partial charge is 0.207 e. The molecule has 132 valence electrons. The first-order chi connectivity index (χ1) is 12.2. The highest BCUT2D eigenvalue weighted by Gasteiger charge is 2.37. The topological polar surface area (TPSA) is 54.9 Å². The molecule has 5 nitrogen and oxygen atoms in total. The predicted molar refractivity (Wildman–Crippen MR) is 96.4 cm³/mol. The summed E-state index contributed by atoms with van der Waals surface area (Å²) in [5.41, 5.74) is 7.26. The van der Waals surface area contributed by atoms with Crippen LogP contribution < -0.4 is 5.73 Å². The first-order valence-electron chi connectivity index (χ1n) is 8.64. The lowest BCUT2D eigenvalue weighted by Crippen LogP contribution is -2.44. The lowest BCUT2D eigenvalue weighted by atomic mass is 10.0. The van der Waals surface area contributed by atoms with Crippen LogP contribution in [-0.4, -0.2) is 29.1 Å².